The minimum Gasteiger partial charge on any atom is -0.382 e. The number of urea groups is 1. The zero-order chi connectivity index (χ0) is 33.2. The van der Waals surface area contributed by atoms with Gasteiger partial charge >= 0.3 is 6.03 Å². The lowest BCUT2D eigenvalue weighted by Gasteiger charge is -2.30. The van der Waals surface area contributed by atoms with Crippen LogP contribution in [0.4, 0.5) is 22.0 Å². The smallest absolute Gasteiger partial charge is 0.324 e. The van der Waals surface area contributed by atoms with Crippen molar-refractivity contribution < 1.29 is 14.3 Å². The molecule has 12 heteroatoms. The Labute approximate surface area is 284 Å². The van der Waals surface area contributed by atoms with Gasteiger partial charge < -0.3 is 20.3 Å². The molecule has 3 aromatic heterocycles. The lowest BCUT2D eigenvalue weighted by Crippen LogP contribution is -2.32. The van der Waals surface area contributed by atoms with E-state index in [-0.39, 0.29) is 11.9 Å². The molecule has 5 heterocycles. The van der Waals surface area contributed by atoms with Gasteiger partial charge in [-0.15, -0.1) is 5.10 Å². The van der Waals surface area contributed by atoms with Crippen LogP contribution >= 0.6 is 0 Å². The van der Waals surface area contributed by atoms with Crippen LogP contribution in [0.1, 0.15) is 76.6 Å². The Kier molecular flexibility index (Phi) is 8.61. The van der Waals surface area contributed by atoms with Gasteiger partial charge in [0.25, 0.3) is 5.91 Å². The summed E-state index contributed by atoms with van der Waals surface area (Å²) in [6.45, 7) is 2.76. The van der Waals surface area contributed by atoms with Crippen LogP contribution in [-0.4, -0.2) is 54.9 Å². The second kappa shape index (κ2) is 13.6. The van der Waals surface area contributed by atoms with Crippen LogP contribution in [0.3, 0.4) is 0 Å². The van der Waals surface area contributed by atoms with E-state index in [4.69, 9.17) is 9.72 Å². The van der Waals surface area contributed by atoms with Crippen molar-refractivity contribution in [1.82, 2.24) is 29.9 Å². The summed E-state index contributed by atoms with van der Waals surface area (Å²) in [7, 11) is 0. The third-order valence-corrected chi connectivity index (χ3v) is 9.66. The fourth-order valence-corrected chi connectivity index (χ4v) is 7.41. The quantitative estimate of drug-likeness (QED) is 0.160. The number of hydrogen-bond acceptors (Lipinski definition) is 8. The van der Waals surface area contributed by atoms with Gasteiger partial charge in [-0.2, -0.15) is 0 Å². The molecular formula is C37H39N9O3. The van der Waals surface area contributed by atoms with Gasteiger partial charge in [0.15, 0.2) is 0 Å². The first kappa shape index (κ1) is 30.9. The van der Waals surface area contributed by atoms with Gasteiger partial charge in [-0.1, -0.05) is 29.5 Å². The van der Waals surface area contributed by atoms with Crippen molar-refractivity contribution in [2.75, 3.05) is 29.0 Å². The number of aryl methyl sites for hydroxylation is 1. The molecule has 1 atom stereocenters. The van der Waals surface area contributed by atoms with Gasteiger partial charge in [-0.25, -0.2) is 9.78 Å². The molecule has 0 bridgehead atoms. The molecule has 250 valence electrons. The molecule has 3 amide bonds. The fourth-order valence-electron chi connectivity index (χ4n) is 7.41. The Balaban J connectivity index is 0.832. The third kappa shape index (κ3) is 6.43. The maximum Gasteiger partial charge on any atom is 0.324 e. The van der Waals surface area contributed by atoms with Crippen LogP contribution < -0.4 is 16.0 Å². The standard InChI is InChI=1S/C37H39N9O3/c47-36-28-10-7-13-31(34(28)32-14-5-6-18-46(32)36)41-37(48)42-33-20-24(15-16-38-33)22-49-23-25-21-45(44-43-25)19-17-39-35-26-8-1-3-11-29(26)40-30-12-4-2-9-27(30)35/h1,3,7-8,10-11,13,15-16,20-21,32H,2,4-6,9,12,14,17-19,22-23H2,(H,39,40)(H2,38,41,42,48). The summed E-state index contributed by atoms with van der Waals surface area (Å²) in [5.41, 5.74) is 8.65. The molecule has 3 aliphatic rings. The molecule has 2 aromatic carbocycles. The van der Waals surface area contributed by atoms with Crippen LogP contribution in [0.5, 0.6) is 0 Å². The maximum absolute atomic E-state index is 13.0. The Bertz CT molecular complexity index is 2030. The number of anilines is 3. The summed E-state index contributed by atoms with van der Waals surface area (Å²) >= 11 is 0. The van der Waals surface area contributed by atoms with Crippen molar-refractivity contribution in [2.24, 2.45) is 0 Å². The molecular weight excluding hydrogens is 618 g/mol. The highest BCUT2D eigenvalue weighted by Crippen LogP contribution is 2.43. The highest BCUT2D eigenvalue weighted by molar-refractivity contribution is 6.05. The molecule has 2 aliphatic heterocycles. The first-order valence-electron chi connectivity index (χ1n) is 17.2. The molecule has 49 heavy (non-hydrogen) atoms. The molecule has 3 N–H and O–H groups in total. The Morgan fingerprint density at radius 2 is 1.90 bits per heavy atom. The van der Waals surface area contributed by atoms with Crippen LogP contribution in [0.25, 0.3) is 10.9 Å². The molecule has 0 radical (unpaired) electrons. The van der Waals surface area contributed by atoms with E-state index in [2.05, 4.69) is 49.4 Å². The highest BCUT2D eigenvalue weighted by atomic mass is 16.5. The van der Waals surface area contributed by atoms with Gasteiger partial charge in [-0.3, -0.25) is 19.8 Å². The summed E-state index contributed by atoms with van der Waals surface area (Å²) in [5.74, 6) is 0.452. The number of fused-ring (bicyclic) bond motifs is 5. The van der Waals surface area contributed by atoms with E-state index in [0.29, 0.717) is 43.4 Å². The Hall–Kier alpha value is -5.36. The molecule has 8 rings (SSSR count). The number of aromatic nitrogens is 5. The summed E-state index contributed by atoms with van der Waals surface area (Å²) in [4.78, 5) is 37.1. The normalized spacial score (nSPS) is 16.6. The number of para-hydroxylation sites is 1. The van der Waals surface area contributed by atoms with Gasteiger partial charge in [0.2, 0.25) is 0 Å². The number of pyridine rings is 2. The first-order chi connectivity index (χ1) is 24.1. The monoisotopic (exact) mass is 657 g/mol. The molecule has 1 unspecified atom stereocenters. The summed E-state index contributed by atoms with van der Waals surface area (Å²) in [6.07, 6.45) is 11.0. The predicted molar refractivity (Wildman–Crippen MR) is 186 cm³/mol. The number of rotatable bonds is 10. The third-order valence-electron chi connectivity index (χ3n) is 9.66. The molecule has 0 saturated carbocycles. The second-order valence-corrected chi connectivity index (χ2v) is 12.9. The van der Waals surface area contributed by atoms with E-state index in [1.54, 1.807) is 12.3 Å². The minimum absolute atomic E-state index is 0.0163. The number of piperidine rings is 1. The lowest BCUT2D eigenvalue weighted by molar-refractivity contribution is 0.0672. The molecule has 1 fully saturated rings. The van der Waals surface area contributed by atoms with E-state index in [1.807, 2.05) is 46.1 Å². The topological polar surface area (TPSA) is 139 Å². The van der Waals surface area contributed by atoms with Crippen molar-refractivity contribution in [3.63, 3.8) is 0 Å². The van der Waals surface area contributed by atoms with Crippen molar-refractivity contribution in [3.8, 4) is 0 Å². The average molecular weight is 658 g/mol. The molecule has 1 aliphatic carbocycles. The van der Waals surface area contributed by atoms with Crippen LogP contribution in [-0.2, 0) is 37.3 Å². The van der Waals surface area contributed by atoms with E-state index in [0.717, 1.165) is 61.0 Å². The van der Waals surface area contributed by atoms with Crippen LogP contribution in [0, 0.1) is 0 Å². The van der Waals surface area contributed by atoms with Crippen LogP contribution in [0.2, 0.25) is 0 Å². The van der Waals surface area contributed by atoms with E-state index in [1.165, 1.54) is 35.2 Å². The number of hydrogen-bond donors (Lipinski definition) is 3. The number of carbonyl (C=O) groups is 2. The molecule has 12 nitrogen and oxygen atoms in total. The zero-order valence-corrected chi connectivity index (χ0v) is 27.3. The van der Waals surface area contributed by atoms with Crippen molar-refractivity contribution in [1.29, 1.82) is 0 Å². The molecule has 0 spiro atoms. The molecule has 5 aromatic rings. The largest absolute Gasteiger partial charge is 0.382 e. The van der Waals surface area contributed by atoms with Gasteiger partial charge in [0, 0.05) is 52.9 Å². The SMILES string of the molecule is O=C(Nc1cc(COCc2cn(CCNc3c4c(nc5ccccc35)CCCC4)nn2)ccn1)Nc1cccc2c1C1CCCCN1C2=O. The number of amides is 3. The summed E-state index contributed by atoms with van der Waals surface area (Å²) in [6, 6.07) is 17.1. The van der Waals surface area contributed by atoms with Crippen molar-refractivity contribution in [2.45, 2.75) is 70.7 Å². The number of nitrogens with one attached hydrogen (secondary N) is 3. The van der Waals surface area contributed by atoms with Gasteiger partial charge in [0.05, 0.1) is 37.5 Å². The van der Waals surface area contributed by atoms with Crippen LogP contribution in [0.15, 0.2) is 67.0 Å². The highest BCUT2D eigenvalue weighted by Gasteiger charge is 2.39. The van der Waals surface area contributed by atoms with E-state index < -0.39 is 6.03 Å². The van der Waals surface area contributed by atoms with E-state index >= 15 is 0 Å². The number of benzene rings is 2. The van der Waals surface area contributed by atoms with E-state index in [9.17, 15) is 9.59 Å². The number of nitrogens with zero attached hydrogens (tertiary/aromatic N) is 6. The maximum atomic E-state index is 13.0. The zero-order valence-electron chi connectivity index (χ0n) is 27.3. The fraction of sp³-hybridized carbons (Fsp3) is 0.351. The number of carbonyl (C=O) groups excluding carboxylic acids is 2. The van der Waals surface area contributed by atoms with Gasteiger partial charge in [0.1, 0.15) is 11.5 Å². The van der Waals surface area contributed by atoms with Crippen molar-refractivity contribution in [3.05, 3.63) is 101 Å². The second-order valence-electron chi connectivity index (χ2n) is 12.9. The minimum atomic E-state index is -0.413. The predicted octanol–water partition coefficient (Wildman–Crippen LogP) is 6.25. The summed E-state index contributed by atoms with van der Waals surface area (Å²) < 4.78 is 7.77. The van der Waals surface area contributed by atoms with Crippen molar-refractivity contribution >= 4 is 40.0 Å². The average Bonchev–Trinajstić information content (AvgIpc) is 3.70. The first-order valence-corrected chi connectivity index (χ1v) is 17.2. The number of ether oxygens (including phenoxy) is 1. The Morgan fingerprint density at radius 3 is 2.86 bits per heavy atom. The summed E-state index contributed by atoms with van der Waals surface area (Å²) in [5, 5.41) is 19.2. The Morgan fingerprint density at radius 1 is 0.980 bits per heavy atom. The van der Waals surface area contributed by atoms with Gasteiger partial charge in [-0.05, 0) is 86.4 Å². The molecule has 1 saturated heterocycles. The lowest BCUT2D eigenvalue weighted by atomic mass is 9.92.